The van der Waals surface area contributed by atoms with Gasteiger partial charge in [-0.05, 0) is 24.9 Å². The Balaban J connectivity index is 1.95. The molecule has 1 N–H and O–H groups in total. The third-order valence-corrected chi connectivity index (χ3v) is 3.82. The molecule has 23 heavy (non-hydrogen) atoms. The monoisotopic (exact) mass is 319 g/mol. The lowest BCUT2D eigenvalue weighted by Gasteiger charge is -2.24. The summed E-state index contributed by atoms with van der Waals surface area (Å²) in [6.45, 7) is 2.19. The van der Waals surface area contributed by atoms with Crippen LogP contribution in [0.25, 0.3) is 0 Å². The summed E-state index contributed by atoms with van der Waals surface area (Å²) < 4.78 is 10.2. The van der Waals surface area contributed by atoms with Gasteiger partial charge in [-0.15, -0.1) is 0 Å². The highest BCUT2D eigenvalue weighted by Crippen LogP contribution is 2.23. The molecule has 0 aromatic heterocycles. The predicted molar refractivity (Wildman–Crippen MR) is 82.5 cm³/mol. The zero-order chi connectivity index (χ0) is 16.7. The Labute approximate surface area is 135 Å². The maximum atomic E-state index is 12.5. The standard InChI is InChI=1S/C17H21NO5/c1-2-15(20)23-16(21)17(9-6-10-18-17)14(19)12-22-11-13-7-4-3-5-8-13/h3-5,7-8,18H,2,6,9-12H2,1H3. The second-order valence-electron chi connectivity index (χ2n) is 5.45. The van der Waals surface area contributed by atoms with Gasteiger partial charge in [0.1, 0.15) is 6.61 Å². The van der Waals surface area contributed by atoms with Gasteiger partial charge in [0.05, 0.1) is 6.61 Å². The minimum Gasteiger partial charge on any atom is -0.391 e. The molecule has 0 bridgehead atoms. The fourth-order valence-corrected chi connectivity index (χ4v) is 2.49. The number of rotatable bonds is 7. The predicted octanol–water partition coefficient (Wildman–Crippen LogP) is 1.37. The first-order valence-corrected chi connectivity index (χ1v) is 7.73. The number of esters is 2. The molecule has 1 aromatic carbocycles. The topological polar surface area (TPSA) is 81.7 Å². The number of hydrogen-bond acceptors (Lipinski definition) is 6. The van der Waals surface area contributed by atoms with Crippen LogP contribution >= 0.6 is 0 Å². The Hall–Kier alpha value is -2.05. The van der Waals surface area contributed by atoms with Crippen LogP contribution in [0.15, 0.2) is 30.3 Å². The molecule has 0 amide bonds. The SMILES string of the molecule is CCC(=O)OC(=O)C1(C(=O)COCc2ccccc2)CCCN1. The highest BCUT2D eigenvalue weighted by Gasteiger charge is 2.49. The van der Waals surface area contributed by atoms with E-state index in [1.807, 2.05) is 30.3 Å². The molecular formula is C17H21NO5. The number of carbonyl (C=O) groups excluding carboxylic acids is 3. The zero-order valence-electron chi connectivity index (χ0n) is 13.2. The van der Waals surface area contributed by atoms with Crippen LogP contribution in [0.3, 0.4) is 0 Å². The first-order chi connectivity index (χ1) is 11.1. The van der Waals surface area contributed by atoms with Gasteiger partial charge >= 0.3 is 11.9 Å². The van der Waals surface area contributed by atoms with Gasteiger partial charge in [-0.3, -0.25) is 14.9 Å². The molecule has 1 saturated heterocycles. The van der Waals surface area contributed by atoms with Crippen molar-refractivity contribution < 1.29 is 23.9 Å². The number of ether oxygens (including phenoxy) is 2. The van der Waals surface area contributed by atoms with E-state index in [-0.39, 0.29) is 19.6 Å². The van der Waals surface area contributed by atoms with E-state index in [9.17, 15) is 14.4 Å². The van der Waals surface area contributed by atoms with Crippen molar-refractivity contribution in [3.05, 3.63) is 35.9 Å². The molecule has 1 atom stereocenters. The average Bonchev–Trinajstić information content (AvgIpc) is 3.06. The first kappa shape index (κ1) is 17.3. The summed E-state index contributed by atoms with van der Waals surface area (Å²) >= 11 is 0. The van der Waals surface area contributed by atoms with Crippen molar-refractivity contribution in [2.75, 3.05) is 13.2 Å². The number of hydrogen-bond donors (Lipinski definition) is 1. The van der Waals surface area contributed by atoms with E-state index < -0.39 is 23.3 Å². The van der Waals surface area contributed by atoms with Crippen molar-refractivity contribution in [1.29, 1.82) is 0 Å². The van der Waals surface area contributed by atoms with E-state index >= 15 is 0 Å². The van der Waals surface area contributed by atoms with Gasteiger partial charge in [0.2, 0.25) is 0 Å². The number of benzene rings is 1. The molecule has 0 aliphatic carbocycles. The summed E-state index contributed by atoms with van der Waals surface area (Å²) in [5.41, 5.74) is -0.515. The summed E-state index contributed by atoms with van der Waals surface area (Å²) in [5, 5.41) is 2.89. The van der Waals surface area contributed by atoms with Crippen LogP contribution in [0.4, 0.5) is 0 Å². The van der Waals surface area contributed by atoms with Crippen molar-refractivity contribution in [3.8, 4) is 0 Å². The zero-order valence-corrected chi connectivity index (χ0v) is 13.2. The number of carbonyl (C=O) groups is 3. The molecule has 0 saturated carbocycles. The number of ketones is 1. The van der Waals surface area contributed by atoms with Crippen molar-refractivity contribution in [1.82, 2.24) is 5.32 Å². The molecule has 1 aliphatic rings. The fraction of sp³-hybridized carbons (Fsp3) is 0.471. The molecule has 124 valence electrons. The molecule has 1 aromatic rings. The summed E-state index contributed by atoms with van der Waals surface area (Å²) in [6, 6.07) is 9.44. The van der Waals surface area contributed by atoms with E-state index in [2.05, 4.69) is 5.32 Å². The molecule has 0 radical (unpaired) electrons. The Morgan fingerprint density at radius 3 is 2.57 bits per heavy atom. The van der Waals surface area contributed by atoms with Crippen LogP contribution in [-0.2, 0) is 30.5 Å². The lowest BCUT2D eigenvalue weighted by molar-refractivity contribution is -0.166. The van der Waals surface area contributed by atoms with E-state index in [0.717, 1.165) is 5.56 Å². The molecule has 6 nitrogen and oxygen atoms in total. The number of nitrogens with one attached hydrogen (secondary N) is 1. The first-order valence-electron chi connectivity index (χ1n) is 7.73. The number of Topliss-reactive ketones (excluding diaryl/α,β-unsaturated/α-hetero) is 1. The van der Waals surface area contributed by atoms with Crippen LogP contribution in [0.5, 0.6) is 0 Å². The third kappa shape index (κ3) is 4.24. The minimum atomic E-state index is -1.46. The van der Waals surface area contributed by atoms with Gasteiger partial charge in [-0.1, -0.05) is 37.3 Å². The molecule has 0 spiro atoms. The second-order valence-corrected chi connectivity index (χ2v) is 5.45. The van der Waals surface area contributed by atoms with Gasteiger partial charge in [0, 0.05) is 6.42 Å². The van der Waals surface area contributed by atoms with Crippen molar-refractivity contribution in [2.45, 2.75) is 38.3 Å². The second kappa shape index (κ2) is 7.99. The van der Waals surface area contributed by atoms with Crippen LogP contribution in [0.2, 0.25) is 0 Å². The maximum Gasteiger partial charge on any atom is 0.341 e. The Morgan fingerprint density at radius 1 is 1.22 bits per heavy atom. The lowest BCUT2D eigenvalue weighted by Crippen LogP contribution is -2.56. The molecule has 1 aliphatic heterocycles. The van der Waals surface area contributed by atoms with Gasteiger partial charge in [-0.25, -0.2) is 4.79 Å². The van der Waals surface area contributed by atoms with Gasteiger partial charge < -0.3 is 9.47 Å². The fourth-order valence-electron chi connectivity index (χ4n) is 2.49. The Kier molecular flexibility index (Phi) is 6.01. The highest BCUT2D eigenvalue weighted by atomic mass is 16.6. The quantitative estimate of drug-likeness (QED) is 0.604. The van der Waals surface area contributed by atoms with Crippen LogP contribution in [-0.4, -0.2) is 36.4 Å². The Morgan fingerprint density at radius 2 is 1.96 bits per heavy atom. The average molecular weight is 319 g/mol. The van der Waals surface area contributed by atoms with Crippen molar-refractivity contribution in [2.24, 2.45) is 0 Å². The summed E-state index contributed by atoms with van der Waals surface area (Å²) in [7, 11) is 0. The van der Waals surface area contributed by atoms with Crippen molar-refractivity contribution in [3.63, 3.8) is 0 Å². The Bertz CT molecular complexity index is 564. The maximum absolute atomic E-state index is 12.5. The van der Waals surface area contributed by atoms with Crippen LogP contribution in [0.1, 0.15) is 31.7 Å². The summed E-state index contributed by atoms with van der Waals surface area (Å²) in [5.74, 6) is -1.86. The van der Waals surface area contributed by atoms with E-state index in [1.165, 1.54) is 0 Å². The normalized spacial score (nSPS) is 20.2. The molecular weight excluding hydrogens is 298 g/mol. The van der Waals surface area contributed by atoms with E-state index in [1.54, 1.807) is 6.92 Å². The van der Waals surface area contributed by atoms with Crippen LogP contribution in [0, 0.1) is 0 Å². The summed E-state index contributed by atoms with van der Waals surface area (Å²) in [6.07, 6.45) is 1.07. The molecule has 1 heterocycles. The lowest BCUT2D eigenvalue weighted by atomic mass is 9.92. The summed E-state index contributed by atoms with van der Waals surface area (Å²) in [4.78, 5) is 36.0. The van der Waals surface area contributed by atoms with E-state index in [4.69, 9.17) is 9.47 Å². The van der Waals surface area contributed by atoms with Gasteiger partial charge in [-0.2, -0.15) is 0 Å². The van der Waals surface area contributed by atoms with Gasteiger partial charge in [0.25, 0.3) is 0 Å². The third-order valence-electron chi connectivity index (χ3n) is 3.82. The van der Waals surface area contributed by atoms with Gasteiger partial charge in [0.15, 0.2) is 11.3 Å². The smallest absolute Gasteiger partial charge is 0.341 e. The van der Waals surface area contributed by atoms with Crippen molar-refractivity contribution >= 4 is 17.7 Å². The largest absolute Gasteiger partial charge is 0.391 e. The molecule has 2 rings (SSSR count). The molecule has 1 unspecified atom stereocenters. The van der Waals surface area contributed by atoms with Crippen LogP contribution < -0.4 is 5.32 Å². The molecule has 1 fully saturated rings. The molecule has 6 heteroatoms. The highest BCUT2D eigenvalue weighted by molar-refractivity contribution is 6.11. The minimum absolute atomic E-state index is 0.0838. The van der Waals surface area contributed by atoms with E-state index in [0.29, 0.717) is 19.4 Å².